The van der Waals surface area contributed by atoms with Crippen LogP contribution in [0.3, 0.4) is 0 Å². The lowest BCUT2D eigenvalue weighted by molar-refractivity contribution is -0.142. The number of anilines is 1. The maximum atomic E-state index is 12.8. The lowest BCUT2D eigenvalue weighted by Gasteiger charge is -2.31. The third-order valence-electron chi connectivity index (χ3n) is 4.38. The van der Waals surface area contributed by atoms with Gasteiger partial charge < -0.3 is 9.64 Å². The molecule has 3 heterocycles. The molecule has 0 fully saturated rings. The SMILES string of the molecule is CCOC(=O)N1C(=O)CC2=C(C(=O)N(c3cnn(CC(F)(F)F)c3)C2)C1C. The van der Waals surface area contributed by atoms with Gasteiger partial charge >= 0.3 is 12.3 Å². The first-order valence-electron chi connectivity index (χ1n) is 8.24. The summed E-state index contributed by atoms with van der Waals surface area (Å²) in [6, 6.07) is -0.817. The molecule has 0 bridgehead atoms. The molecule has 0 aromatic carbocycles. The Hall–Kier alpha value is -2.85. The fourth-order valence-corrected chi connectivity index (χ4v) is 3.31. The van der Waals surface area contributed by atoms with Crippen LogP contribution >= 0.6 is 0 Å². The van der Waals surface area contributed by atoms with Crippen molar-refractivity contribution in [2.24, 2.45) is 0 Å². The number of carbonyl (C=O) groups excluding carboxylic acids is 3. The zero-order chi connectivity index (χ0) is 19.9. The second-order valence-corrected chi connectivity index (χ2v) is 6.24. The van der Waals surface area contributed by atoms with Crippen LogP contribution in [0.15, 0.2) is 23.5 Å². The van der Waals surface area contributed by atoms with E-state index in [-0.39, 0.29) is 30.8 Å². The molecule has 0 saturated heterocycles. The Morgan fingerprint density at radius 1 is 1.37 bits per heavy atom. The molecule has 2 aliphatic rings. The van der Waals surface area contributed by atoms with E-state index in [0.717, 1.165) is 17.3 Å². The monoisotopic (exact) mass is 386 g/mol. The topological polar surface area (TPSA) is 84.7 Å². The van der Waals surface area contributed by atoms with Crippen LogP contribution in [-0.4, -0.2) is 58.0 Å². The Kier molecular flexibility index (Phi) is 4.70. The minimum absolute atomic E-state index is 0.0681. The molecule has 27 heavy (non-hydrogen) atoms. The maximum Gasteiger partial charge on any atom is 0.417 e. The summed E-state index contributed by atoms with van der Waals surface area (Å²) in [7, 11) is 0. The quantitative estimate of drug-likeness (QED) is 0.792. The van der Waals surface area contributed by atoms with Crippen molar-refractivity contribution in [2.75, 3.05) is 18.1 Å². The predicted molar refractivity (Wildman–Crippen MR) is 85.6 cm³/mol. The molecule has 146 valence electrons. The van der Waals surface area contributed by atoms with Crippen molar-refractivity contribution < 1.29 is 32.3 Å². The molecule has 1 aromatic rings. The molecule has 0 aliphatic carbocycles. The molecule has 11 heteroatoms. The van der Waals surface area contributed by atoms with Crippen LogP contribution < -0.4 is 4.90 Å². The van der Waals surface area contributed by atoms with Gasteiger partial charge in [0.05, 0.1) is 31.0 Å². The molecule has 0 saturated carbocycles. The van der Waals surface area contributed by atoms with Crippen molar-refractivity contribution in [3.63, 3.8) is 0 Å². The number of nitrogens with zero attached hydrogens (tertiary/aromatic N) is 4. The van der Waals surface area contributed by atoms with Crippen molar-refractivity contribution >= 4 is 23.6 Å². The van der Waals surface area contributed by atoms with Gasteiger partial charge in [0.15, 0.2) is 0 Å². The van der Waals surface area contributed by atoms with E-state index in [1.807, 2.05) is 0 Å². The zero-order valence-corrected chi connectivity index (χ0v) is 14.6. The van der Waals surface area contributed by atoms with Gasteiger partial charge in [0.2, 0.25) is 5.91 Å². The fraction of sp³-hybridized carbons (Fsp3) is 0.500. The highest BCUT2D eigenvalue weighted by molar-refractivity contribution is 6.13. The Morgan fingerprint density at radius 2 is 2.07 bits per heavy atom. The van der Waals surface area contributed by atoms with Crippen LogP contribution in [-0.2, 0) is 20.9 Å². The smallest absolute Gasteiger partial charge is 0.417 e. The predicted octanol–water partition coefficient (Wildman–Crippen LogP) is 1.87. The minimum Gasteiger partial charge on any atom is -0.449 e. The summed E-state index contributed by atoms with van der Waals surface area (Å²) in [6.07, 6.45) is -3.10. The summed E-state index contributed by atoms with van der Waals surface area (Å²) in [4.78, 5) is 39.3. The number of hydrogen-bond acceptors (Lipinski definition) is 5. The van der Waals surface area contributed by atoms with Crippen LogP contribution in [0.5, 0.6) is 0 Å². The van der Waals surface area contributed by atoms with Gasteiger partial charge in [0, 0.05) is 18.3 Å². The average Bonchev–Trinajstić information content (AvgIpc) is 3.10. The number of alkyl halides is 3. The molecule has 2 aliphatic heterocycles. The van der Waals surface area contributed by atoms with Gasteiger partial charge in [0.25, 0.3) is 5.91 Å². The second-order valence-electron chi connectivity index (χ2n) is 6.24. The third-order valence-corrected chi connectivity index (χ3v) is 4.38. The number of aromatic nitrogens is 2. The molecule has 1 aromatic heterocycles. The average molecular weight is 386 g/mol. The minimum atomic E-state index is -4.43. The Labute approximate surface area is 152 Å². The van der Waals surface area contributed by atoms with E-state index < -0.39 is 36.7 Å². The Morgan fingerprint density at radius 3 is 2.70 bits per heavy atom. The summed E-state index contributed by atoms with van der Waals surface area (Å²) in [6.45, 7) is 2.02. The third kappa shape index (κ3) is 3.53. The van der Waals surface area contributed by atoms with Gasteiger partial charge in [0.1, 0.15) is 6.54 Å². The number of carbonyl (C=O) groups is 3. The number of imide groups is 1. The largest absolute Gasteiger partial charge is 0.449 e. The Bertz CT molecular complexity index is 830. The zero-order valence-electron chi connectivity index (χ0n) is 14.6. The Balaban J connectivity index is 1.82. The normalized spacial score (nSPS) is 20.4. The number of halogens is 3. The number of rotatable bonds is 3. The number of amides is 3. The van der Waals surface area contributed by atoms with E-state index in [4.69, 9.17) is 4.74 Å². The molecule has 0 radical (unpaired) electrons. The van der Waals surface area contributed by atoms with Crippen LogP contribution in [0.1, 0.15) is 20.3 Å². The highest BCUT2D eigenvalue weighted by Gasteiger charge is 2.45. The summed E-state index contributed by atoms with van der Waals surface area (Å²) < 4.78 is 43.0. The van der Waals surface area contributed by atoms with E-state index in [2.05, 4.69) is 5.10 Å². The van der Waals surface area contributed by atoms with Gasteiger partial charge in [-0.1, -0.05) is 0 Å². The molecule has 3 rings (SSSR count). The molecular weight excluding hydrogens is 369 g/mol. The summed E-state index contributed by atoms with van der Waals surface area (Å²) in [5.74, 6) is -0.951. The summed E-state index contributed by atoms with van der Waals surface area (Å²) >= 11 is 0. The molecule has 1 atom stereocenters. The van der Waals surface area contributed by atoms with Crippen molar-refractivity contribution in [3.8, 4) is 0 Å². The molecule has 8 nitrogen and oxygen atoms in total. The molecular formula is C16H17F3N4O4. The fourth-order valence-electron chi connectivity index (χ4n) is 3.31. The first-order chi connectivity index (χ1) is 12.6. The van der Waals surface area contributed by atoms with Crippen molar-refractivity contribution in [3.05, 3.63) is 23.5 Å². The van der Waals surface area contributed by atoms with E-state index in [1.165, 1.54) is 11.8 Å². The second kappa shape index (κ2) is 6.71. The van der Waals surface area contributed by atoms with Gasteiger partial charge in [-0.15, -0.1) is 0 Å². The molecule has 0 N–H and O–H groups in total. The van der Waals surface area contributed by atoms with Gasteiger partial charge in [-0.3, -0.25) is 14.3 Å². The molecule has 1 unspecified atom stereocenters. The number of hydrogen-bond donors (Lipinski definition) is 0. The maximum absolute atomic E-state index is 12.8. The number of ether oxygens (including phenoxy) is 1. The highest BCUT2D eigenvalue weighted by Crippen LogP contribution is 2.35. The first kappa shape index (κ1) is 18.9. The lowest BCUT2D eigenvalue weighted by atomic mass is 9.95. The highest BCUT2D eigenvalue weighted by atomic mass is 19.4. The van der Waals surface area contributed by atoms with Crippen LogP contribution in [0, 0.1) is 0 Å². The van der Waals surface area contributed by atoms with Crippen molar-refractivity contribution in [1.82, 2.24) is 14.7 Å². The van der Waals surface area contributed by atoms with Crippen molar-refractivity contribution in [1.29, 1.82) is 0 Å². The van der Waals surface area contributed by atoms with E-state index in [0.29, 0.717) is 10.3 Å². The summed E-state index contributed by atoms with van der Waals surface area (Å²) in [5.41, 5.74) is 1.02. The van der Waals surface area contributed by atoms with Gasteiger partial charge in [-0.05, 0) is 19.4 Å². The molecule has 3 amide bonds. The van der Waals surface area contributed by atoms with E-state index >= 15 is 0 Å². The molecule has 0 spiro atoms. The van der Waals surface area contributed by atoms with E-state index in [1.54, 1.807) is 6.92 Å². The standard InChI is InChI=1S/C16H17F3N4O4/c1-3-27-15(26)23-9(2)13-10(4-12(23)24)6-22(14(13)25)11-5-20-21(7-11)8-16(17,18)19/h5,7,9H,3-4,6,8H2,1-2H3. The summed E-state index contributed by atoms with van der Waals surface area (Å²) in [5, 5.41) is 3.63. The lowest BCUT2D eigenvalue weighted by Crippen LogP contribution is -2.48. The van der Waals surface area contributed by atoms with Crippen molar-refractivity contribution in [2.45, 2.75) is 39.0 Å². The van der Waals surface area contributed by atoms with Crippen LogP contribution in [0.2, 0.25) is 0 Å². The van der Waals surface area contributed by atoms with Gasteiger partial charge in [-0.2, -0.15) is 18.3 Å². The van der Waals surface area contributed by atoms with Crippen LogP contribution in [0.25, 0.3) is 0 Å². The van der Waals surface area contributed by atoms with Crippen LogP contribution in [0.4, 0.5) is 23.7 Å². The first-order valence-corrected chi connectivity index (χ1v) is 8.24. The van der Waals surface area contributed by atoms with Gasteiger partial charge in [-0.25, -0.2) is 9.69 Å². The van der Waals surface area contributed by atoms with E-state index in [9.17, 15) is 27.6 Å².